The molecule has 0 radical (unpaired) electrons. The maximum atomic E-state index is 12.0. The monoisotopic (exact) mass is 245 g/mol. The van der Waals surface area contributed by atoms with Gasteiger partial charge in [0.05, 0.1) is 5.92 Å². The fourth-order valence-electron chi connectivity index (χ4n) is 1.73. The zero-order valence-electron chi connectivity index (χ0n) is 9.97. The predicted octanol–water partition coefficient (Wildman–Crippen LogP) is 1.31. The summed E-state index contributed by atoms with van der Waals surface area (Å²) in [4.78, 5) is 24.7. The van der Waals surface area contributed by atoms with E-state index in [4.69, 9.17) is 5.11 Å². The van der Waals surface area contributed by atoms with Gasteiger partial charge >= 0.3 is 5.97 Å². The summed E-state index contributed by atoms with van der Waals surface area (Å²) in [5, 5.41) is 9.33. The van der Waals surface area contributed by atoms with E-state index < -0.39 is 17.8 Å². The van der Waals surface area contributed by atoms with E-state index in [0.29, 0.717) is 5.25 Å². The first-order valence-corrected chi connectivity index (χ1v) is 6.61. The van der Waals surface area contributed by atoms with Crippen LogP contribution < -0.4 is 0 Å². The zero-order valence-corrected chi connectivity index (χ0v) is 10.8. The van der Waals surface area contributed by atoms with Crippen LogP contribution in [0, 0.1) is 11.8 Å². The van der Waals surface area contributed by atoms with Gasteiger partial charge in [-0.2, -0.15) is 11.8 Å². The highest BCUT2D eigenvalue weighted by atomic mass is 32.2. The summed E-state index contributed by atoms with van der Waals surface area (Å²) in [7, 11) is 0. The Morgan fingerprint density at radius 3 is 2.50 bits per heavy atom. The first kappa shape index (κ1) is 13.4. The van der Waals surface area contributed by atoms with Crippen LogP contribution in [0.25, 0.3) is 0 Å². The molecule has 4 nitrogen and oxygen atoms in total. The second-order valence-electron chi connectivity index (χ2n) is 4.38. The molecule has 16 heavy (non-hydrogen) atoms. The Morgan fingerprint density at radius 1 is 1.38 bits per heavy atom. The summed E-state index contributed by atoms with van der Waals surface area (Å²) in [5.74, 6) is -1.03. The second kappa shape index (κ2) is 5.57. The number of aliphatic carboxylic acids is 1. The van der Waals surface area contributed by atoms with Crippen LogP contribution in [-0.4, -0.2) is 46.0 Å². The van der Waals surface area contributed by atoms with Gasteiger partial charge < -0.3 is 10.0 Å². The number of amides is 1. The molecule has 0 aliphatic carbocycles. The lowest BCUT2D eigenvalue weighted by atomic mass is 9.94. The topological polar surface area (TPSA) is 57.6 Å². The lowest BCUT2D eigenvalue weighted by Crippen LogP contribution is -2.45. The van der Waals surface area contributed by atoms with Crippen LogP contribution in [0.3, 0.4) is 0 Å². The number of carbonyl (C=O) groups is 2. The summed E-state index contributed by atoms with van der Waals surface area (Å²) in [6.07, 6.45) is 0. The van der Waals surface area contributed by atoms with Crippen LogP contribution >= 0.6 is 11.8 Å². The van der Waals surface area contributed by atoms with Gasteiger partial charge in [0.25, 0.3) is 0 Å². The molecule has 1 N–H and O–H groups in total. The quantitative estimate of drug-likeness (QED) is 0.814. The minimum absolute atomic E-state index is 0.0259. The van der Waals surface area contributed by atoms with Gasteiger partial charge in [0.15, 0.2) is 0 Å². The minimum atomic E-state index is -0.903. The van der Waals surface area contributed by atoms with Crippen molar-refractivity contribution in [2.75, 3.05) is 18.8 Å². The third-order valence-corrected chi connectivity index (χ3v) is 4.22. The Morgan fingerprint density at radius 2 is 2.00 bits per heavy atom. The van der Waals surface area contributed by atoms with Crippen molar-refractivity contribution in [1.82, 2.24) is 4.90 Å². The number of carbonyl (C=O) groups excluding carboxylic acids is 1. The van der Waals surface area contributed by atoms with Crippen molar-refractivity contribution >= 4 is 23.6 Å². The Kier molecular flexibility index (Phi) is 4.65. The van der Waals surface area contributed by atoms with Crippen molar-refractivity contribution < 1.29 is 14.7 Å². The van der Waals surface area contributed by atoms with Crippen LogP contribution in [0.2, 0.25) is 0 Å². The zero-order chi connectivity index (χ0) is 12.3. The van der Waals surface area contributed by atoms with Crippen LogP contribution in [0.4, 0.5) is 0 Å². The smallest absolute Gasteiger partial charge is 0.307 e. The van der Waals surface area contributed by atoms with E-state index in [-0.39, 0.29) is 5.91 Å². The molecule has 1 rings (SSSR count). The summed E-state index contributed by atoms with van der Waals surface area (Å²) >= 11 is 1.86. The number of hydrogen-bond donors (Lipinski definition) is 1. The van der Waals surface area contributed by atoms with Gasteiger partial charge in [0.1, 0.15) is 0 Å². The Labute approximate surface area is 100 Å². The Hall–Kier alpha value is -0.710. The van der Waals surface area contributed by atoms with Crippen LogP contribution in [0.15, 0.2) is 0 Å². The summed E-state index contributed by atoms with van der Waals surface area (Å²) in [6.45, 7) is 6.86. The number of thioether (sulfide) groups is 1. The van der Waals surface area contributed by atoms with Gasteiger partial charge in [-0.05, 0) is 0 Å². The second-order valence-corrected chi connectivity index (χ2v) is 5.93. The molecule has 0 aromatic heterocycles. The number of hydrogen-bond acceptors (Lipinski definition) is 3. The highest BCUT2D eigenvalue weighted by Crippen LogP contribution is 2.21. The molecular formula is C11H19NO3S. The first-order chi connectivity index (χ1) is 7.43. The van der Waals surface area contributed by atoms with Crippen molar-refractivity contribution in [2.24, 2.45) is 11.8 Å². The molecule has 1 aliphatic rings. The predicted molar refractivity (Wildman–Crippen MR) is 64.5 cm³/mol. The first-order valence-electron chi connectivity index (χ1n) is 5.56. The molecule has 1 fully saturated rings. The van der Waals surface area contributed by atoms with Gasteiger partial charge in [-0.25, -0.2) is 0 Å². The molecule has 3 atom stereocenters. The van der Waals surface area contributed by atoms with E-state index in [0.717, 1.165) is 18.8 Å². The molecule has 1 aliphatic heterocycles. The van der Waals surface area contributed by atoms with Crippen molar-refractivity contribution in [3.05, 3.63) is 0 Å². The fourth-order valence-corrected chi connectivity index (χ4v) is 2.75. The molecule has 0 aromatic rings. The Bertz CT molecular complexity index is 282. The average Bonchev–Trinajstić information content (AvgIpc) is 2.26. The summed E-state index contributed by atoms with van der Waals surface area (Å²) in [6, 6.07) is 0. The lowest BCUT2D eigenvalue weighted by molar-refractivity contribution is -0.149. The molecule has 0 spiro atoms. The molecule has 5 heteroatoms. The van der Waals surface area contributed by atoms with Crippen LogP contribution in [0.5, 0.6) is 0 Å². The van der Waals surface area contributed by atoms with Crippen molar-refractivity contribution in [1.29, 1.82) is 0 Å². The molecule has 3 unspecified atom stereocenters. The largest absolute Gasteiger partial charge is 0.481 e. The molecule has 0 bridgehead atoms. The highest BCUT2D eigenvalue weighted by molar-refractivity contribution is 7.99. The van der Waals surface area contributed by atoms with Crippen molar-refractivity contribution in [3.8, 4) is 0 Å². The van der Waals surface area contributed by atoms with E-state index >= 15 is 0 Å². The molecule has 1 amide bonds. The van der Waals surface area contributed by atoms with Crippen molar-refractivity contribution in [3.63, 3.8) is 0 Å². The average molecular weight is 245 g/mol. The van der Waals surface area contributed by atoms with E-state index in [2.05, 4.69) is 6.92 Å². The van der Waals surface area contributed by atoms with E-state index in [1.165, 1.54) is 0 Å². The van der Waals surface area contributed by atoms with E-state index in [1.807, 2.05) is 11.8 Å². The molecule has 0 saturated carbocycles. The fraction of sp³-hybridized carbons (Fsp3) is 0.818. The SMILES string of the molecule is CC1CN(C(=O)C(C)C(C)C(=O)O)CCS1. The number of rotatable bonds is 3. The van der Waals surface area contributed by atoms with Crippen LogP contribution in [-0.2, 0) is 9.59 Å². The van der Waals surface area contributed by atoms with Crippen molar-refractivity contribution in [2.45, 2.75) is 26.0 Å². The van der Waals surface area contributed by atoms with Gasteiger partial charge in [-0.3, -0.25) is 9.59 Å². The van der Waals surface area contributed by atoms with Crippen LogP contribution in [0.1, 0.15) is 20.8 Å². The van der Waals surface area contributed by atoms with E-state index in [1.54, 1.807) is 18.7 Å². The molecule has 1 saturated heterocycles. The highest BCUT2D eigenvalue weighted by Gasteiger charge is 2.31. The normalized spacial score (nSPS) is 24.9. The molecule has 1 heterocycles. The number of carboxylic acids is 1. The summed E-state index contributed by atoms with van der Waals surface area (Å²) in [5.41, 5.74) is 0. The summed E-state index contributed by atoms with van der Waals surface area (Å²) < 4.78 is 0. The van der Waals surface area contributed by atoms with Gasteiger partial charge in [-0.1, -0.05) is 20.8 Å². The number of nitrogens with zero attached hydrogens (tertiary/aromatic N) is 1. The molecular weight excluding hydrogens is 226 g/mol. The molecule has 92 valence electrons. The Balaban J connectivity index is 2.59. The van der Waals surface area contributed by atoms with Gasteiger partial charge in [-0.15, -0.1) is 0 Å². The van der Waals surface area contributed by atoms with Gasteiger partial charge in [0, 0.05) is 30.0 Å². The standard InChI is InChI=1S/C11H19NO3S/c1-7-6-12(4-5-16-7)10(13)8(2)9(3)11(14)15/h7-9H,4-6H2,1-3H3,(H,14,15). The lowest BCUT2D eigenvalue weighted by Gasteiger charge is -2.33. The minimum Gasteiger partial charge on any atom is -0.481 e. The molecule has 0 aromatic carbocycles. The maximum absolute atomic E-state index is 12.0. The van der Waals surface area contributed by atoms with Gasteiger partial charge in [0.2, 0.25) is 5.91 Å². The third-order valence-electron chi connectivity index (χ3n) is 3.08. The third kappa shape index (κ3) is 3.14. The number of carboxylic acid groups (broad SMARTS) is 1. The van der Waals surface area contributed by atoms with E-state index in [9.17, 15) is 9.59 Å². The maximum Gasteiger partial charge on any atom is 0.307 e.